The second-order valence-corrected chi connectivity index (χ2v) is 22.4. The predicted molar refractivity (Wildman–Crippen MR) is 285 cm³/mol. The molecule has 1 unspecified atom stereocenters. The number of thioether (sulfide) groups is 1. The van der Waals surface area contributed by atoms with Crippen LogP contribution in [0.25, 0.3) is 0 Å². The van der Waals surface area contributed by atoms with Crippen LogP contribution in [0.5, 0.6) is 23.0 Å². The van der Waals surface area contributed by atoms with Gasteiger partial charge in [-0.2, -0.15) is 0 Å². The van der Waals surface area contributed by atoms with E-state index in [1.54, 1.807) is 65.5 Å². The van der Waals surface area contributed by atoms with Gasteiger partial charge in [-0.3, -0.25) is 33.9 Å². The van der Waals surface area contributed by atoms with Crippen LogP contribution in [0.1, 0.15) is 86.1 Å². The number of oxime groups is 1. The Labute approximate surface area is 459 Å². The monoisotopic (exact) mass is 1120 g/mol. The van der Waals surface area contributed by atoms with E-state index < -0.39 is 62.9 Å². The number of aromatic nitrogens is 1. The highest BCUT2D eigenvalue weighted by Crippen LogP contribution is 2.53. The standard InChI is InChI=1S/C52H59BClN7O14S2/c1-30-57-38(28-76-30)42(58-75-51(5,6)47(66)73-50(2,3)4)39(63)24-37-45(65)59-29-52(48(67)74-53,77-46(37)59)60-22-23-61(49(60)68)56-25-33(62)10-9-21-55-44(64)36-19-20-40(71-26-31-11-15-34(69-7)16-12-31)43(41(36)54)72-27-32-13-17-35(70-8)18-14-32/h11-20,28,37,46,56H,9-10,21-27,29H2,1-8H3,(H,55,64)/b58-42-/t37?,46-,52-/m1/s1. The molecule has 0 saturated carbocycles. The van der Waals surface area contributed by atoms with E-state index in [4.69, 9.17) is 52.8 Å². The van der Waals surface area contributed by atoms with Gasteiger partial charge in [-0.25, -0.2) is 20.0 Å². The molecule has 0 aliphatic carbocycles. The summed E-state index contributed by atoms with van der Waals surface area (Å²) in [7, 11) is 8.58. The molecule has 3 atom stereocenters. The Morgan fingerprint density at radius 1 is 0.909 bits per heavy atom. The van der Waals surface area contributed by atoms with E-state index >= 15 is 0 Å². The molecule has 3 aromatic carbocycles. The molecular formula is C52H59BClN7O14S2. The first kappa shape index (κ1) is 57.8. The van der Waals surface area contributed by atoms with Crippen LogP contribution in [-0.4, -0.2) is 143 Å². The number of nitrogens with zero attached hydrogens (tertiary/aromatic N) is 5. The van der Waals surface area contributed by atoms with E-state index in [2.05, 4.69) is 20.9 Å². The summed E-state index contributed by atoms with van der Waals surface area (Å²) in [6.45, 7) is 9.62. The van der Waals surface area contributed by atoms with Crippen molar-refractivity contribution < 1.29 is 66.7 Å². The highest BCUT2D eigenvalue weighted by molar-refractivity contribution is 8.02. The Kier molecular flexibility index (Phi) is 18.5. The molecule has 3 aliphatic heterocycles. The number of amides is 4. The molecule has 2 N–H and O–H groups in total. The minimum absolute atomic E-state index is 0.0101. The lowest BCUT2D eigenvalue weighted by Gasteiger charge is -2.40. The van der Waals surface area contributed by atoms with Crippen molar-refractivity contribution in [2.45, 2.75) is 95.5 Å². The number of β-lactam (4-membered cyclic amide) rings is 1. The third-order valence-corrected chi connectivity index (χ3v) is 15.3. The molecule has 3 aliphatic rings. The fourth-order valence-corrected chi connectivity index (χ4v) is 10.9. The van der Waals surface area contributed by atoms with E-state index in [0.29, 0.717) is 22.3 Å². The highest BCUT2D eigenvalue weighted by atomic mass is 35.5. The number of ether oxygens (including phenoxy) is 5. The second-order valence-electron chi connectivity index (χ2n) is 19.5. The molecule has 4 heterocycles. The maximum absolute atomic E-state index is 14.0. The lowest BCUT2D eigenvalue weighted by atomic mass is 9.90. The van der Waals surface area contributed by atoms with Crippen LogP contribution in [0.15, 0.2) is 71.2 Å². The number of urea groups is 1. The summed E-state index contributed by atoms with van der Waals surface area (Å²) >= 11 is 9.06. The third-order valence-electron chi connectivity index (χ3n) is 12.4. The Hall–Kier alpha value is -6.89. The topological polar surface area (TPSA) is 243 Å². The summed E-state index contributed by atoms with van der Waals surface area (Å²) in [6.07, 6.45) is -0.0925. The highest BCUT2D eigenvalue weighted by Gasteiger charge is 2.66. The van der Waals surface area contributed by atoms with Crippen LogP contribution in [0.2, 0.25) is 5.02 Å². The average molecular weight is 1120 g/mol. The molecule has 0 spiro atoms. The molecule has 408 valence electrons. The molecule has 3 fully saturated rings. The van der Waals surface area contributed by atoms with Crippen LogP contribution in [0, 0.1) is 12.8 Å². The first-order valence-electron chi connectivity index (χ1n) is 24.4. The van der Waals surface area contributed by atoms with E-state index in [-0.39, 0.29) is 98.7 Å². The van der Waals surface area contributed by atoms with Gasteiger partial charge in [0.2, 0.25) is 16.4 Å². The van der Waals surface area contributed by atoms with Gasteiger partial charge in [-0.15, -0.1) is 11.3 Å². The van der Waals surface area contributed by atoms with Gasteiger partial charge in [0.25, 0.3) is 5.91 Å². The smallest absolute Gasteiger partial charge is 0.378 e. The number of thiazole rings is 1. The Bertz CT molecular complexity index is 2900. The number of nitrogens with one attached hydrogen (secondary N) is 2. The Morgan fingerprint density at radius 3 is 2.16 bits per heavy atom. The van der Waals surface area contributed by atoms with Crippen molar-refractivity contribution in [3.63, 3.8) is 0 Å². The van der Waals surface area contributed by atoms with Gasteiger partial charge < -0.3 is 43.4 Å². The fraction of sp³-hybridized carbons (Fsp3) is 0.442. The lowest BCUT2D eigenvalue weighted by molar-refractivity contribution is -0.179. The summed E-state index contributed by atoms with van der Waals surface area (Å²) in [5, 5.41) is 9.57. The fourth-order valence-electron chi connectivity index (χ4n) is 8.23. The van der Waals surface area contributed by atoms with Gasteiger partial charge in [0, 0.05) is 31.3 Å². The second kappa shape index (κ2) is 24.6. The maximum atomic E-state index is 14.0. The van der Waals surface area contributed by atoms with Crippen molar-refractivity contribution >= 4 is 89.8 Å². The summed E-state index contributed by atoms with van der Waals surface area (Å²) in [5.74, 6) is -2.66. The summed E-state index contributed by atoms with van der Waals surface area (Å²) in [4.78, 5) is 105. The molecule has 21 nitrogen and oxygen atoms in total. The van der Waals surface area contributed by atoms with Crippen LogP contribution < -0.4 is 29.7 Å². The predicted octanol–water partition coefficient (Wildman–Crippen LogP) is 5.96. The number of Topliss-reactive ketones (excluding diaryl/α,β-unsaturated/α-hetero) is 2. The van der Waals surface area contributed by atoms with Gasteiger partial charge in [0.1, 0.15) is 41.8 Å². The van der Waals surface area contributed by atoms with Crippen molar-refractivity contribution in [1.82, 2.24) is 30.5 Å². The molecule has 0 bridgehead atoms. The maximum Gasteiger partial charge on any atom is 0.378 e. The number of hydrogen-bond donors (Lipinski definition) is 2. The zero-order valence-corrected chi connectivity index (χ0v) is 46.2. The van der Waals surface area contributed by atoms with Crippen LogP contribution in [-0.2, 0) is 51.4 Å². The van der Waals surface area contributed by atoms with Gasteiger partial charge in [-0.05, 0) is 95.5 Å². The van der Waals surface area contributed by atoms with Crippen molar-refractivity contribution in [1.29, 1.82) is 0 Å². The number of hydrazine groups is 1. The zero-order chi connectivity index (χ0) is 55.8. The van der Waals surface area contributed by atoms with E-state index in [0.717, 1.165) is 22.9 Å². The van der Waals surface area contributed by atoms with E-state index in [1.807, 2.05) is 36.4 Å². The number of ketones is 2. The molecule has 4 aromatic rings. The number of rotatable bonds is 25. The third kappa shape index (κ3) is 13.6. The average Bonchev–Trinajstić information content (AvgIpc) is 4.26. The number of benzene rings is 3. The van der Waals surface area contributed by atoms with Crippen LogP contribution >= 0.6 is 34.7 Å². The van der Waals surface area contributed by atoms with Gasteiger partial charge in [0.15, 0.2) is 23.0 Å². The minimum atomic E-state index is -1.79. The largest absolute Gasteiger partial charge is 0.541 e. The number of carbonyl (C=O) groups excluding carboxylic acids is 7. The molecule has 77 heavy (non-hydrogen) atoms. The molecule has 7 rings (SSSR count). The summed E-state index contributed by atoms with van der Waals surface area (Å²) in [5.41, 5.74) is 2.18. The number of aryl methyl sites for hydroxylation is 1. The number of halogens is 1. The number of methoxy groups -OCH3 is 2. The zero-order valence-electron chi connectivity index (χ0n) is 43.8. The molecule has 4 amide bonds. The van der Waals surface area contributed by atoms with Crippen molar-refractivity contribution in [2.24, 2.45) is 11.1 Å². The number of fused-ring (bicyclic) bond motifs is 1. The van der Waals surface area contributed by atoms with Crippen molar-refractivity contribution in [2.75, 3.05) is 46.9 Å². The number of hydrogen-bond acceptors (Lipinski definition) is 19. The van der Waals surface area contributed by atoms with Crippen LogP contribution in [0.3, 0.4) is 0 Å². The quantitative estimate of drug-likeness (QED) is 0.0194. The number of esters is 1. The van der Waals surface area contributed by atoms with Gasteiger partial charge >= 0.3 is 26.0 Å². The summed E-state index contributed by atoms with van der Waals surface area (Å²) in [6, 6.07) is 17.1. The molecule has 25 heteroatoms. The normalized spacial score (nSPS) is 18.3. The Balaban J connectivity index is 0.921. The lowest BCUT2D eigenvalue weighted by Crippen LogP contribution is -2.60. The Morgan fingerprint density at radius 2 is 1.56 bits per heavy atom. The first-order valence-corrected chi connectivity index (χ1v) is 26.5. The molecular weight excluding hydrogens is 1060 g/mol. The van der Waals surface area contributed by atoms with Crippen molar-refractivity contribution in [3.05, 3.63) is 98.5 Å². The summed E-state index contributed by atoms with van der Waals surface area (Å²) < 4.78 is 33.0. The molecule has 2 radical (unpaired) electrons. The van der Waals surface area contributed by atoms with Crippen LogP contribution in [0.4, 0.5) is 4.79 Å². The van der Waals surface area contributed by atoms with E-state index in [1.165, 1.54) is 46.1 Å². The van der Waals surface area contributed by atoms with Crippen molar-refractivity contribution in [3.8, 4) is 23.0 Å². The van der Waals surface area contributed by atoms with Gasteiger partial charge in [-0.1, -0.05) is 52.8 Å². The first-order chi connectivity index (χ1) is 36.6. The van der Waals surface area contributed by atoms with Gasteiger partial charge in [0.05, 0.1) is 60.7 Å². The molecule has 1 aromatic heterocycles. The molecule has 3 saturated heterocycles. The van der Waals surface area contributed by atoms with E-state index in [9.17, 15) is 33.6 Å². The SMILES string of the molecule is [B]OC(=O)[C@@]1(N2CCN(NCC(=O)CCCNC(=O)c3ccc(OCc4ccc(OC)cc4)c(OCc4ccc(OC)cc4)c3Cl)C2=O)CN2C(=O)C(CC(=O)/C(=N\OC(C)(C)C(=O)OC(C)(C)C)c3csc(C)n3)[C@H]2S1. The minimum Gasteiger partial charge on any atom is -0.541 e. The number of carbonyl (C=O) groups is 7.